The zero-order valence-electron chi connectivity index (χ0n) is 9.14. The van der Waals surface area contributed by atoms with Gasteiger partial charge in [-0.25, -0.2) is 0 Å². The molecule has 0 aromatic rings. The van der Waals surface area contributed by atoms with E-state index >= 15 is 0 Å². The third-order valence-electron chi connectivity index (χ3n) is 2.25. The van der Waals surface area contributed by atoms with Gasteiger partial charge in [0.2, 0.25) is 0 Å². The third kappa shape index (κ3) is 4.34. The summed E-state index contributed by atoms with van der Waals surface area (Å²) in [5, 5.41) is 28.1. The average Bonchev–Trinajstić information content (AvgIpc) is 2.12. The smallest absolute Gasteiger partial charge is 0.0998 e. The lowest BCUT2D eigenvalue weighted by molar-refractivity contribution is -0.0445. The first kappa shape index (κ1) is 13.8. The fraction of sp³-hybridized carbons (Fsp3) is 1.00. The predicted molar refractivity (Wildman–Crippen MR) is 54.9 cm³/mol. The minimum atomic E-state index is -1.15. The van der Waals surface area contributed by atoms with Crippen molar-refractivity contribution >= 4 is 0 Å². The molecule has 5 heteroatoms. The summed E-state index contributed by atoms with van der Waals surface area (Å²) in [6.45, 7) is 1.82. The van der Waals surface area contributed by atoms with Gasteiger partial charge >= 0.3 is 0 Å². The summed E-state index contributed by atoms with van der Waals surface area (Å²) < 4.78 is 0. The molecule has 0 heterocycles. The Kier molecular flexibility index (Phi) is 5.54. The topological polar surface area (TPSA) is 90.0 Å². The third-order valence-corrected chi connectivity index (χ3v) is 2.25. The van der Waals surface area contributed by atoms with Crippen LogP contribution in [0.1, 0.15) is 13.3 Å². The molecule has 3 atom stereocenters. The summed E-state index contributed by atoms with van der Waals surface area (Å²) in [4.78, 5) is 1.91. The Morgan fingerprint density at radius 3 is 2.21 bits per heavy atom. The molecule has 86 valence electrons. The van der Waals surface area contributed by atoms with E-state index in [1.807, 2.05) is 19.0 Å². The molecular formula is C9H22N2O3. The molecule has 0 aliphatic heterocycles. The number of hydrogen-bond acceptors (Lipinski definition) is 5. The Bertz CT molecular complexity index is 162. The molecule has 0 radical (unpaired) electrons. The van der Waals surface area contributed by atoms with Crippen molar-refractivity contribution in [2.75, 3.05) is 27.2 Å². The van der Waals surface area contributed by atoms with E-state index in [4.69, 9.17) is 10.8 Å². The Hall–Kier alpha value is -0.200. The maximum Gasteiger partial charge on any atom is 0.0998 e. The summed E-state index contributed by atoms with van der Waals surface area (Å²) >= 11 is 0. The lowest BCUT2D eigenvalue weighted by atomic mass is 9.91. The highest BCUT2D eigenvalue weighted by atomic mass is 16.3. The number of aliphatic hydroxyl groups is 3. The first-order chi connectivity index (χ1) is 6.31. The van der Waals surface area contributed by atoms with Crippen LogP contribution in [-0.4, -0.2) is 65.2 Å². The Morgan fingerprint density at radius 2 is 1.86 bits per heavy atom. The highest BCUT2D eigenvalue weighted by Gasteiger charge is 2.33. The molecule has 5 N–H and O–H groups in total. The maximum absolute atomic E-state index is 9.60. The Morgan fingerprint density at radius 1 is 1.36 bits per heavy atom. The number of rotatable bonds is 6. The molecule has 0 spiro atoms. The van der Waals surface area contributed by atoms with Gasteiger partial charge in [-0.1, -0.05) is 0 Å². The largest absolute Gasteiger partial charge is 0.394 e. The van der Waals surface area contributed by atoms with Gasteiger partial charge in [0.15, 0.2) is 0 Å². The number of aliphatic hydroxyl groups excluding tert-OH is 3. The molecular weight excluding hydrogens is 184 g/mol. The lowest BCUT2D eigenvalue weighted by Gasteiger charge is -2.32. The van der Waals surface area contributed by atoms with Crippen LogP contribution < -0.4 is 5.73 Å². The summed E-state index contributed by atoms with van der Waals surface area (Å²) in [5.74, 6) is 0. The molecule has 0 aliphatic carbocycles. The van der Waals surface area contributed by atoms with E-state index in [0.29, 0.717) is 13.0 Å². The van der Waals surface area contributed by atoms with Crippen molar-refractivity contribution in [2.45, 2.75) is 31.1 Å². The molecule has 0 amide bonds. The van der Waals surface area contributed by atoms with Crippen LogP contribution in [0.25, 0.3) is 0 Å². The van der Waals surface area contributed by atoms with Crippen LogP contribution in [0.2, 0.25) is 0 Å². The van der Waals surface area contributed by atoms with Crippen LogP contribution >= 0.6 is 0 Å². The molecule has 0 saturated heterocycles. The first-order valence-corrected chi connectivity index (χ1v) is 4.72. The second kappa shape index (κ2) is 5.63. The van der Waals surface area contributed by atoms with E-state index in [9.17, 15) is 10.2 Å². The van der Waals surface area contributed by atoms with Gasteiger partial charge in [-0.05, 0) is 27.4 Å². The van der Waals surface area contributed by atoms with E-state index in [1.165, 1.54) is 6.92 Å². The standard InChI is InChI=1S/C9H22N2O3/c1-9(10,6-12)8(14)7(13)4-5-11(2)3/h7-8,12-14H,4-6,10H2,1-3H3. The van der Waals surface area contributed by atoms with Crippen molar-refractivity contribution in [3.05, 3.63) is 0 Å². The second-order valence-electron chi connectivity index (χ2n) is 4.27. The SMILES string of the molecule is CN(C)CCC(O)C(O)C(C)(N)CO. The van der Waals surface area contributed by atoms with Crippen molar-refractivity contribution < 1.29 is 15.3 Å². The Balaban J connectivity index is 4.04. The van der Waals surface area contributed by atoms with Gasteiger partial charge in [-0.3, -0.25) is 0 Å². The van der Waals surface area contributed by atoms with Crippen molar-refractivity contribution in [2.24, 2.45) is 5.73 Å². The molecule has 0 aromatic heterocycles. The highest BCUT2D eigenvalue weighted by molar-refractivity contribution is 4.90. The lowest BCUT2D eigenvalue weighted by Crippen LogP contribution is -2.56. The minimum Gasteiger partial charge on any atom is -0.394 e. The molecule has 3 unspecified atom stereocenters. The molecule has 0 rings (SSSR count). The van der Waals surface area contributed by atoms with Crippen LogP contribution in [-0.2, 0) is 0 Å². The quantitative estimate of drug-likeness (QED) is 0.419. The minimum absolute atomic E-state index is 0.354. The van der Waals surface area contributed by atoms with Crippen molar-refractivity contribution in [1.82, 2.24) is 4.90 Å². The molecule has 0 fully saturated rings. The van der Waals surface area contributed by atoms with Gasteiger partial charge in [-0.15, -0.1) is 0 Å². The summed E-state index contributed by atoms with van der Waals surface area (Å²) in [5.41, 5.74) is 4.45. The van der Waals surface area contributed by atoms with E-state index in [0.717, 1.165) is 0 Å². The number of nitrogens with zero attached hydrogens (tertiary/aromatic N) is 1. The fourth-order valence-corrected chi connectivity index (χ4v) is 1.08. The van der Waals surface area contributed by atoms with E-state index in [-0.39, 0.29) is 6.61 Å². The summed E-state index contributed by atoms with van der Waals surface area (Å²) in [6.07, 6.45) is -1.58. The summed E-state index contributed by atoms with van der Waals surface area (Å²) in [7, 11) is 3.76. The van der Waals surface area contributed by atoms with E-state index < -0.39 is 17.7 Å². The number of hydrogen-bond donors (Lipinski definition) is 4. The second-order valence-corrected chi connectivity index (χ2v) is 4.27. The molecule has 14 heavy (non-hydrogen) atoms. The molecule has 0 saturated carbocycles. The van der Waals surface area contributed by atoms with E-state index in [2.05, 4.69) is 0 Å². The van der Waals surface area contributed by atoms with Crippen molar-refractivity contribution in [3.63, 3.8) is 0 Å². The zero-order chi connectivity index (χ0) is 11.4. The molecule has 0 bridgehead atoms. The molecule has 0 aliphatic rings. The normalized spacial score (nSPS) is 20.6. The Labute approximate surface area is 85.1 Å². The maximum atomic E-state index is 9.60. The van der Waals surface area contributed by atoms with Crippen LogP contribution in [0.15, 0.2) is 0 Å². The average molecular weight is 206 g/mol. The van der Waals surface area contributed by atoms with Gasteiger partial charge in [0, 0.05) is 6.54 Å². The predicted octanol–water partition coefficient (Wildman–Crippen LogP) is -1.63. The van der Waals surface area contributed by atoms with Gasteiger partial charge < -0.3 is 26.0 Å². The van der Waals surface area contributed by atoms with Gasteiger partial charge in [0.1, 0.15) is 0 Å². The number of nitrogens with two attached hydrogens (primary N) is 1. The van der Waals surface area contributed by atoms with Gasteiger partial charge in [0.25, 0.3) is 0 Å². The molecule has 0 aromatic carbocycles. The van der Waals surface area contributed by atoms with Crippen molar-refractivity contribution in [3.8, 4) is 0 Å². The van der Waals surface area contributed by atoms with E-state index in [1.54, 1.807) is 0 Å². The highest BCUT2D eigenvalue weighted by Crippen LogP contribution is 2.12. The van der Waals surface area contributed by atoms with Crippen LogP contribution in [0.5, 0.6) is 0 Å². The monoisotopic (exact) mass is 206 g/mol. The first-order valence-electron chi connectivity index (χ1n) is 4.72. The van der Waals surface area contributed by atoms with Crippen LogP contribution in [0.3, 0.4) is 0 Å². The van der Waals surface area contributed by atoms with Gasteiger partial charge in [0.05, 0.1) is 24.4 Å². The summed E-state index contributed by atoms with van der Waals surface area (Å²) in [6, 6.07) is 0. The van der Waals surface area contributed by atoms with Crippen molar-refractivity contribution in [1.29, 1.82) is 0 Å². The fourth-order valence-electron chi connectivity index (χ4n) is 1.08. The van der Waals surface area contributed by atoms with Crippen LogP contribution in [0, 0.1) is 0 Å². The molecule has 5 nitrogen and oxygen atoms in total. The van der Waals surface area contributed by atoms with Crippen LogP contribution in [0.4, 0.5) is 0 Å². The van der Waals surface area contributed by atoms with Gasteiger partial charge in [-0.2, -0.15) is 0 Å². The zero-order valence-corrected chi connectivity index (χ0v) is 9.14.